The normalized spacial score (nSPS) is 20.5. The minimum Gasteiger partial charge on any atom is -0.303 e. The van der Waals surface area contributed by atoms with Crippen molar-refractivity contribution in [3.8, 4) is 0 Å². The van der Waals surface area contributed by atoms with Crippen LogP contribution in [0.3, 0.4) is 0 Å². The van der Waals surface area contributed by atoms with Crippen molar-refractivity contribution in [2.24, 2.45) is 0 Å². The summed E-state index contributed by atoms with van der Waals surface area (Å²) in [4.78, 5) is 17.9. The summed E-state index contributed by atoms with van der Waals surface area (Å²) in [5, 5.41) is 0.507. The lowest BCUT2D eigenvalue weighted by Crippen LogP contribution is -2.23. The fourth-order valence-electron chi connectivity index (χ4n) is 4.09. The van der Waals surface area contributed by atoms with Gasteiger partial charge >= 0.3 is 7.82 Å². The molecule has 4 nitrogen and oxygen atoms in total. The second-order valence-electron chi connectivity index (χ2n) is 8.47. The maximum Gasteiger partial charge on any atom is 0.469 e. The van der Waals surface area contributed by atoms with Crippen LogP contribution in [0.5, 0.6) is 0 Å². The van der Waals surface area contributed by atoms with E-state index in [4.69, 9.17) is 14.3 Å². The van der Waals surface area contributed by atoms with Gasteiger partial charge < -0.3 is 9.79 Å². The van der Waals surface area contributed by atoms with Crippen molar-refractivity contribution in [2.45, 2.75) is 134 Å². The molecule has 0 unspecified atom stereocenters. The van der Waals surface area contributed by atoms with E-state index in [9.17, 15) is 4.57 Å². The Bertz CT molecular complexity index is 402. The third-order valence-corrected chi connectivity index (χ3v) is 7.71. The SMILES string of the molecule is CCCCCCCCCCCCCCCCS[C@H]1CCC[C@@H](OP(=O)(O)O)C1. The van der Waals surface area contributed by atoms with Crippen LogP contribution in [0.15, 0.2) is 0 Å². The molecule has 2 N–H and O–H groups in total. The van der Waals surface area contributed by atoms with E-state index in [1.807, 2.05) is 11.8 Å². The highest BCUT2D eigenvalue weighted by Gasteiger charge is 2.28. The smallest absolute Gasteiger partial charge is 0.303 e. The van der Waals surface area contributed by atoms with E-state index in [1.165, 1.54) is 95.6 Å². The molecule has 0 aromatic carbocycles. The predicted octanol–water partition coefficient (Wildman–Crippen LogP) is 7.62. The molecule has 0 saturated heterocycles. The monoisotopic (exact) mass is 436 g/mol. The number of unbranched alkanes of at least 4 members (excludes halogenated alkanes) is 13. The van der Waals surface area contributed by atoms with Gasteiger partial charge in [-0.15, -0.1) is 0 Å². The molecular weight excluding hydrogens is 391 g/mol. The second-order valence-corrected chi connectivity index (χ2v) is 11.1. The van der Waals surface area contributed by atoms with E-state index in [2.05, 4.69) is 6.92 Å². The number of rotatable bonds is 18. The van der Waals surface area contributed by atoms with E-state index in [0.717, 1.165) is 25.7 Å². The van der Waals surface area contributed by atoms with Gasteiger partial charge in [0.1, 0.15) is 0 Å². The van der Waals surface area contributed by atoms with E-state index in [0.29, 0.717) is 5.25 Å². The molecule has 0 aromatic rings. The van der Waals surface area contributed by atoms with Crippen LogP contribution >= 0.6 is 19.6 Å². The Labute approximate surface area is 178 Å². The highest BCUT2D eigenvalue weighted by molar-refractivity contribution is 7.99. The first-order valence-electron chi connectivity index (χ1n) is 11.9. The van der Waals surface area contributed by atoms with Crippen LogP contribution in [0.1, 0.15) is 122 Å². The quantitative estimate of drug-likeness (QED) is 0.171. The van der Waals surface area contributed by atoms with Gasteiger partial charge in [-0.2, -0.15) is 11.8 Å². The second kappa shape index (κ2) is 17.2. The molecule has 6 heteroatoms. The molecule has 28 heavy (non-hydrogen) atoms. The molecule has 1 aliphatic carbocycles. The van der Waals surface area contributed by atoms with Gasteiger partial charge in [0.05, 0.1) is 6.10 Å². The Balaban J connectivity index is 1.83. The van der Waals surface area contributed by atoms with Crippen molar-refractivity contribution in [3.63, 3.8) is 0 Å². The van der Waals surface area contributed by atoms with E-state index >= 15 is 0 Å². The van der Waals surface area contributed by atoms with Gasteiger partial charge in [-0.3, -0.25) is 4.52 Å². The molecule has 1 fully saturated rings. The zero-order valence-electron chi connectivity index (χ0n) is 18.2. The molecule has 0 aromatic heterocycles. The maximum absolute atomic E-state index is 11.0. The topological polar surface area (TPSA) is 66.8 Å². The van der Waals surface area contributed by atoms with Crippen LogP contribution in [0.25, 0.3) is 0 Å². The molecule has 0 radical (unpaired) electrons. The average Bonchev–Trinajstić information content (AvgIpc) is 2.64. The summed E-state index contributed by atoms with van der Waals surface area (Å²) in [6.45, 7) is 2.28. The van der Waals surface area contributed by atoms with Gasteiger partial charge in [-0.05, 0) is 37.9 Å². The summed E-state index contributed by atoms with van der Waals surface area (Å²) in [6, 6.07) is 0. The summed E-state index contributed by atoms with van der Waals surface area (Å²) in [5.74, 6) is 1.17. The molecule has 2 atom stereocenters. The van der Waals surface area contributed by atoms with Crippen molar-refractivity contribution in [2.75, 3.05) is 5.75 Å². The minimum atomic E-state index is -4.33. The molecule has 0 aliphatic heterocycles. The summed E-state index contributed by atoms with van der Waals surface area (Å²) < 4.78 is 15.9. The standard InChI is InChI=1S/C22H45O4PS/c1-2-3-4-5-6-7-8-9-10-11-12-13-14-15-19-28-22-18-16-17-21(20-22)26-27(23,24)25/h21-22H,2-20H2,1H3,(H2,23,24,25)/t21-,22+/m1/s1. The Morgan fingerprint density at radius 1 is 0.821 bits per heavy atom. The molecule has 1 aliphatic rings. The number of hydrogen-bond acceptors (Lipinski definition) is 3. The van der Waals surface area contributed by atoms with E-state index < -0.39 is 7.82 Å². The van der Waals surface area contributed by atoms with Crippen molar-refractivity contribution in [3.05, 3.63) is 0 Å². The fraction of sp³-hybridized carbons (Fsp3) is 1.00. The Morgan fingerprint density at radius 3 is 1.82 bits per heavy atom. The molecule has 0 amide bonds. The lowest BCUT2D eigenvalue weighted by atomic mass is 9.97. The first-order chi connectivity index (χ1) is 13.5. The Morgan fingerprint density at radius 2 is 1.32 bits per heavy atom. The van der Waals surface area contributed by atoms with Crippen LogP contribution in [-0.2, 0) is 9.09 Å². The van der Waals surface area contributed by atoms with Crippen LogP contribution in [0, 0.1) is 0 Å². The van der Waals surface area contributed by atoms with Gasteiger partial charge in [-0.25, -0.2) is 4.57 Å². The van der Waals surface area contributed by atoms with Gasteiger partial charge in [0.25, 0.3) is 0 Å². The van der Waals surface area contributed by atoms with Gasteiger partial charge in [0.2, 0.25) is 0 Å². The third kappa shape index (κ3) is 16.3. The van der Waals surface area contributed by atoms with Gasteiger partial charge in [0, 0.05) is 5.25 Å². The largest absolute Gasteiger partial charge is 0.469 e. The summed E-state index contributed by atoms with van der Waals surface area (Å²) in [5.41, 5.74) is 0. The minimum absolute atomic E-state index is 0.261. The summed E-state index contributed by atoms with van der Waals surface area (Å²) in [6.07, 6.45) is 22.9. The van der Waals surface area contributed by atoms with E-state index in [-0.39, 0.29) is 6.10 Å². The lowest BCUT2D eigenvalue weighted by Gasteiger charge is -2.28. The summed E-state index contributed by atoms with van der Waals surface area (Å²) >= 11 is 1.98. The molecular formula is C22H45O4PS. The van der Waals surface area contributed by atoms with Crippen LogP contribution < -0.4 is 0 Å². The van der Waals surface area contributed by atoms with Crippen molar-refractivity contribution in [1.29, 1.82) is 0 Å². The van der Waals surface area contributed by atoms with Crippen LogP contribution in [-0.4, -0.2) is 26.9 Å². The lowest BCUT2D eigenvalue weighted by molar-refractivity contribution is 0.106. The zero-order valence-corrected chi connectivity index (χ0v) is 19.9. The van der Waals surface area contributed by atoms with Gasteiger partial charge in [0.15, 0.2) is 0 Å². The average molecular weight is 437 g/mol. The molecule has 0 heterocycles. The maximum atomic E-state index is 11.0. The first-order valence-corrected chi connectivity index (χ1v) is 14.4. The highest BCUT2D eigenvalue weighted by Crippen LogP contribution is 2.42. The number of thioether (sulfide) groups is 1. The fourth-order valence-corrected chi connectivity index (χ4v) is 6.06. The molecule has 1 saturated carbocycles. The van der Waals surface area contributed by atoms with Gasteiger partial charge in [-0.1, -0.05) is 90.4 Å². The van der Waals surface area contributed by atoms with Crippen molar-refractivity contribution in [1.82, 2.24) is 0 Å². The molecule has 0 bridgehead atoms. The molecule has 0 spiro atoms. The Hall–Kier alpha value is 0.460. The molecule has 168 valence electrons. The third-order valence-electron chi connectivity index (χ3n) is 5.72. The number of phosphoric acid groups is 1. The summed E-state index contributed by atoms with van der Waals surface area (Å²) in [7, 11) is -4.33. The van der Waals surface area contributed by atoms with Crippen LogP contribution in [0.4, 0.5) is 0 Å². The van der Waals surface area contributed by atoms with Crippen molar-refractivity contribution < 1.29 is 18.9 Å². The predicted molar refractivity (Wildman–Crippen MR) is 122 cm³/mol. The number of hydrogen-bond donors (Lipinski definition) is 2. The molecule has 1 rings (SSSR count). The first kappa shape index (κ1) is 26.5. The van der Waals surface area contributed by atoms with Crippen molar-refractivity contribution >= 4 is 19.6 Å². The zero-order chi connectivity index (χ0) is 20.5. The Kier molecular flexibility index (Phi) is 16.2. The number of phosphoric ester groups is 1. The highest BCUT2D eigenvalue weighted by atomic mass is 32.2. The van der Waals surface area contributed by atoms with Crippen LogP contribution in [0.2, 0.25) is 0 Å². The van der Waals surface area contributed by atoms with E-state index in [1.54, 1.807) is 0 Å².